The number of phenolic OH excluding ortho intramolecular Hbond substituents is 1. The molecule has 1 amide bonds. The second-order valence-corrected chi connectivity index (χ2v) is 6.51. The molecular formula is C15H21BrN2O2. The summed E-state index contributed by atoms with van der Waals surface area (Å²) in [4.78, 5) is 16.4. The summed E-state index contributed by atoms with van der Waals surface area (Å²) >= 11 is 3.28. The molecule has 1 fully saturated rings. The Balaban J connectivity index is 1.98. The molecule has 1 aromatic rings. The van der Waals surface area contributed by atoms with Gasteiger partial charge in [-0.2, -0.15) is 0 Å². The quantitative estimate of drug-likeness (QED) is 0.919. The Labute approximate surface area is 128 Å². The van der Waals surface area contributed by atoms with Gasteiger partial charge in [-0.1, -0.05) is 15.9 Å². The van der Waals surface area contributed by atoms with Gasteiger partial charge in [0.15, 0.2) is 0 Å². The molecule has 1 aromatic carbocycles. The van der Waals surface area contributed by atoms with E-state index in [0.29, 0.717) is 11.5 Å². The van der Waals surface area contributed by atoms with Gasteiger partial charge >= 0.3 is 0 Å². The number of benzene rings is 1. The molecule has 1 N–H and O–H groups in total. The van der Waals surface area contributed by atoms with Crippen LogP contribution in [0.5, 0.6) is 5.75 Å². The molecule has 0 saturated carbocycles. The van der Waals surface area contributed by atoms with Crippen LogP contribution in [-0.2, 0) is 0 Å². The van der Waals surface area contributed by atoms with Crippen molar-refractivity contribution in [3.8, 4) is 5.75 Å². The largest absolute Gasteiger partial charge is 0.507 e. The number of likely N-dealkylation sites (tertiary alicyclic amines) is 1. The van der Waals surface area contributed by atoms with E-state index in [4.69, 9.17) is 0 Å². The van der Waals surface area contributed by atoms with E-state index in [9.17, 15) is 9.90 Å². The number of hydrogen-bond acceptors (Lipinski definition) is 3. The number of rotatable bonds is 3. The Bertz CT molecular complexity index is 485. The van der Waals surface area contributed by atoms with Gasteiger partial charge in [0.1, 0.15) is 5.75 Å². The van der Waals surface area contributed by atoms with Crippen LogP contribution in [0.3, 0.4) is 0 Å². The number of piperidine rings is 1. The molecule has 2 rings (SSSR count). The van der Waals surface area contributed by atoms with Crippen LogP contribution in [-0.4, -0.2) is 54.5 Å². The molecule has 5 heteroatoms. The average molecular weight is 341 g/mol. The highest BCUT2D eigenvalue weighted by molar-refractivity contribution is 9.10. The van der Waals surface area contributed by atoms with E-state index in [1.807, 2.05) is 7.05 Å². The number of halogens is 1. The minimum atomic E-state index is -0.117. The first-order valence-corrected chi connectivity index (χ1v) is 7.69. The van der Waals surface area contributed by atoms with Gasteiger partial charge in [-0.25, -0.2) is 0 Å². The summed E-state index contributed by atoms with van der Waals surface area (Å²) in [5.74, 6) is 0.464. The molecule has 0 unspecified atom stereocenters. The predicted molar refractivity (Wildman–Crippen MR) is 83.0 cm³/mol. The molecule has 0 aromatic heterocycles. The lowest BCUT2D eigenvalue weighted by Gasteiger charge is -2.31. The van der Waals surface area contributed by atoms with E-state index in [2.05, 4.69) is 27.9 Å². The highest BCUT2D eigenvalue weighted by Crippen LogP contribution is 2.24. The first-order chi connectivity index (χ1) is 9.47. The fourth-order valence-electron chi connectivity index (χ4n) is 2.61. The van der Waals surface area contributed by atoms with Crippen molar-refractivity contribution in [2.75, 3.05) is 33.7 Å². The number of hydrogen-bond donors (Lipinski definition) is 1. The Hall–Kier alpha value is -1.07. The average Bonchev–Trinajstić information content (AvgIpc) is 2.40. The molecule has 0 bridgehead atoms. The van der Waals surface area contributed by atoms with Gasteiger partial charge in [0.05, 0.1) is 5.56 Å². The van der Waals surface area contributed by atoms with Crippen molar-refractivity contribution in [3.63, 3.8) is 0 Å². The van der Waals surface area contributed by atoms with Gasteiger partial charge in [-0.3, -0.25) is 4.79 Å². The third-order valence-electron chi connectivity index (χ3n) is 3.91. The Morgan fingerprint density at radius 1 is 1.45 bits per heavy atom. The Morgan fingerprint density at radius 2 is 2.10 bits per heavy atom. The predicted octanol–water partition coefficient (Wildman–Crippen LogP) is 2.57. The first kappa shape index (κ1) is 15.3. The molecule has 0 spiro atoms. The zero-order valence-electron chi connectivity index (χ0n) is 12.0. The molecule has 4 nitrogen and oxygen atoms in total. The minimum absolute atomic E-state index is 0.0274. The first-order valence-electron chi connectivity index (χ1n) is 6.90. The third kappa shape index (κ3) is 3.73. The standard InChI is InChI=1S/C15H21BrN2O2/c1-17-7-5-11(6-8-17)10-18(2)15(20)13-4-3-12(16)9-14(13)19/h3-4,9,11,19H,5-8,10H2,1-2H3. The number of amides is 1. The molecule has 1 heterocycles. The summed E-state index contributed by atoms with van der Waals surface area (Å²) in [5.41, 5.74) is 0.364. The molecule has 1 aliphatic rings. The van der Waals surface area contributed by atoms with Crippen LogP contribution in [0.1, 0.15) is 23.2 Å². The van der Waals surface area contributed by atoms with Crippen molar-refractivity contribution in [2.24, 2.45) is 5.92 Å². The number of carbonyl (C=O) groups excluding carboxylic acids is 1. The molecule has 1 aliphatic heterocycles. The zero-order chi connectivity index (χ0) is 14.7. The van der Waals surface area contributed by atoms with E-state index in [0.717, 1.165) is 36.9 Å². The Kier molecular flexibility index (Phi) is 5.05. The lowest BCUT2D eigenvalue weighted by Crippen LogP contribution is -2.38. The summed E-state index contributed by atoms with van der Waals surface area (Å²) in [6.07, 6.45) is 2.25. The van der Waals surface area contributed by atoms with E-state index in [1.165, 1.54) is 0 Å². The van der Waals surface area contributed by atoms with Crippen LogP contribution in [0.15, 0.2) is 22.7 Å². The summed E-state index contributed by atoms with van der Waals surface area (Å²) in [5, 5.41) is 9.87. The lowest BCUT2D eigenvalue weighted by molar-refractivity contribution is 0.0744. The van der Waals surface area contributed by atoms with Crippen molar-refractivity contribution >= 4 is 21.8 Å². The molecule has 20 heavy (non-hydrogen) atoms. The fraction of sp³-hybridized carbons (Fsp3) is 0.533. The summed E-state index contributed by atoms with van der Waals surface area (Å²) < 4.78 is 0.768. The smallest absolute Gasteiger partial charge is 0.257 e. The lowest BCUT2D eigenvalue weighted by atomic mass is 9.96. The molecule has 0 atom stereocenters. The molecular weight excluding hydrogens is 320 g/mol. The van der Waals surface area contributed by atoms with Gasteiger partial charge in [0.2, 0.25) is 0 Å². The maximum atomic E-state index is 12.4. The van der Waals surface area contributed by atoms with Crippen molar-refractivity contribution in [1.82, 2.24) is 9.80 Å². The fourth-order valence-corrected chi connectivity index (χ4v) is 2.96. The maximum Gasteiger partial charge on any atom is 0.257 e. The van der Waals surface area contributed by atoms with Crippen molar-refractivity contribution in [2.45, 2.75) is 12.8 Å². The van der Waals surface area contributed by atoms with Gasteiger partial charge < -0.3 is 14.9 Å². The summed E-state index contributed by atoms with van der Waals surface area (Å²) in [6, 6.07) is 4.99. The van der Waals surface area contributed by atoms with Crippen molar-refractivity contribution in [1.29, 1.82) is 0 Å². The Morgan fingerprint density at radius 3 is 2.70 bits per heavy atom. The third-order valence-corrected chi connectivity index (χ3v) is 4.40. The van der Waals surface area contributed by atoms with Crippen LogP contribution in [0.25, 0.3) is 0 Å². The minimum Gasteiger partial charge on any atom is -0.507 e. The van der Waals surface area contributed by atoms with Crippen molar-refractivity contribution in [3.05, 3.63) is 28.2 Å². The van der Waals surface area contributed by atoms with E-state index in [1.54, 1.807) is 23.1 Å². The number of phenols is 1. The molecule has 1 saturated heterocycles. The molecule has 110 valence electrons. The van der Waals surface area contributed by atoms with Crippen LogP contribution >= 0.6 is 15.9 Å². The summed E-state index contributed by atoms with van der Waals surface area (Å²) in [6.45, 7) is 2.94. The summed E-state index contributed by atoms with van der Waals surface area (Å²) in [7, 11) is 3.94. The second-order valence-electron chi connectivity index (χ2n) is 5.59. The van der Waals surface area contributed by atoms with E-state index in [-0.39, 0.29) is 11.7 Å². The van der Waals surface area contributed by atoms with Gasteiger partial charge in [0.25, 0.3) is 5.91 Å². The normalized spacial score (nSPS) is 17.1. The molecule has 0 radical (unpaired) electrons. The molecule has 0 aliphatic carbocycles. The van der Waals surface area contributed by atoms with Crippen LogP contribution in [0, 0.1) is 5.92 Å². The maximum absolute atomic E-state index is 12.4. The van der Waals surface area contributed by atoms with Crippen molar-refractivity contribution < 1.29 is 9.90 Å². The SMILES string of the molecule is CN1CCC(CN(C)C(=O)c2ccc(Br)cc2O)CC1. The van der Waals surface area contributed by atoms with E-state index >= 15 is 0 Å². The van der Waals surface area contributed by atoms with Crippen LogP contribution < -0.4 is 0 Å². The second kappa shape index (κ2) is 6.59. The van der Waals surface area contributed by atoms with Gasteiger partial charge in [-0.15, -0.1) is 0 Å². The number of nitrogens with zero attached hydrogens (tertiary/aromatic N) is 2. The number of carbonyl (C=O) groups is 1. The highest BCUT2D eigenvalue weighted by atomic mass is 79.9. The highest BCUT2D eigenvalue weighted by Gasteiger charge is 2.22. The van der Waals surface area contributed by atoms with E-state index < -0.39 is 0 Å². The van der Waals surface area contributed by atoms with Crippen LogP contribution in [0.4, 0.5) is 0 Å². The monoisotopic (exact) mass is 340 g/mol. The zero-order valence-corrected chi connectivity index (χ0v) is 13.6. The topological polar surface area (TPSA) is 43.8 Å². The van der Waals surface area contributed by atoms with Gasteiger partial charge in [-0.05, 0) is 57.1 Å². The number of aromatic hydroxyl groups is 1. The van der Waals surface area contributed by atoms with Crippen LogP contribution in [0.2, 0.25) is 0 Å². The van der Waals surface area contributed by atoms with Gasteiger partial charge in [0, 0.05) is 18.1 Å².